The Hall–Kier alpha value is -1.55. The van der Waals surface area contributed by atoms with Gasteiger partial charge in [-0.2, -0.15) is 0 Å². The van der Waals surface area contributed by atoms with E-state index in [0.717, 1.165) is 63.1 Å². The molecule has 8 heteroatoms. The molecule has 0 atom stereocenters. The lowest BCUT2D eigenvalue weighted by molar-refractivity contribution is -0.130. The first kappa shape index (κ1) is 25.5. The molecule has 0 spiro atoms. The monoisotopic (exact) mass is 517 g/mol. The molecule has 1 fully saturated rings. The van der Waals surface area contributed by atoms with Crippen LogP contribution < -0.4 is 15.4 Å². The average Bonchev–Trinajstić information content (AvgIpc) is 2.68. The van der Waals surface area contributed by atoms with Gasteiger partial charge in [0.15, 0.2) is 5.96 Å². The fourth-order valence-corrected chi connectivity index (χ4v) is 3.21. The Labute approximate surface area is 192 Å². The number of ether oxygens (including phenoxy) is 1. The van der Waals surface area contributed by atoms with Gasteiger partial charge in [-0.1, -0.05) is 12.1 Å². The van der Waals surface area contributed by atoms with Gasteiger partial charge in [0.25, 0.3) is 0 Å². The van der Waals surface area contributed by atoms with Crippen LogP contribution in [-0.4, -0.2) is 74.1 Å². The minimum Gasteiger partial charge on any atom is -0.494 e. The molecule has 0 unspecified atom stereocenters. The lowest BCUT2D eigenvalue weighted by Gasteiger charge is -2.34. The Morgan fingerprint density at radius 1 is 1.17 bits per heavy atom. The van der Waals surface area contributed by atoms with Crippen LogP contribution in [0.3, 0.4) is 0 Å². The highest BCUT2D eigenvalue weighted by molar-refractivity contribution is 14.0. The fourth-order valence-electron chi connectivity index (χ4n) is 3.21. The van der Waals surface area contributed by atoms with Crippen LogP contribution in [0, 0.1) is 6.92 Å². The number of aryl methyl sites for hydroxylation is 1. The normalized spacial score (nSPS) is 14.9. The molecule has 1 aromatic rings. The molecule has 0 bridgehead atoms. The van der Waals surface area contributed by atoms with Crippen LogP contribution in [0.25, 0.3) is 0 Å². The van der Waals surface area contributed by atoms with Gasteiger partial charge in [0, 0.05) is 58.3 Å². The molecule has 164 valence electrons. The number of carbonyl (C=O) groups is 1. The first-order valence-corrected chi connectivity index (χ1v) is 10.3. The van der Waals surface area contributed by atoms with E-state index in [2.05, 4.69) is 47.6 Å². The molecule has 0 radical (unpaired) electrons. The van der Waals surface area contributed by atoms with Crippen LogP contribution in [0.4, 0.5) is 0 Å². The number of aliphatic imine (C=N–C) groups is 1. The number of hydrogen-bond donors (Lipinski definition) is 2. The van der Waals surface area contributed by atoms with Crippen molar-refractivity contribution in [1.29, 1.82) is 0 Å². The van der Waals surface area contributed by atoms with E-state index >= 15 is 0 Å². The van der Waals surface area contributed by atoms with Gasteiger partial charge in [-0.05, 0) is 32.4 Å². The number of guanidine groups is 1. The van der Waals surface area contributed by atoms with Crippen molar-refractivity contribution in [1.82, 2.24) is 20.4 Å². The summed E-state index contributed by atoms with van der Waals surface area (Å²) in [5.74, 6) is 1.89. The molecule has 2 N–H and O–H groups in total. The maximum absolute atomic E-state index is 11.4. The summed E-state index contributed by atoms with van der Waals surface area (Å²) in [7, 11) is 0. The average molecular weight is 517 g/mol. The van der Waals surface area contributed by atoms with Crippen LogP contribution in [0.15, 0.2) is 23.2 Å². The predicted molar refractivity (Wildman–Crippen MR) is 129 cm³/mol. The summed E-state index contributed by atoms with van der Waals surface area (Å²) >= 11 is 0. The summed E-state index contributed by atoms with van der Waals surface area (Å²) in [4.78, 5) is 20.4. The van der Waals surface area contributed by atoms with Gasteiger partial charge in [0.05, 0.1) is 13.2 Å². The number of halogens is 1. The van der Waals surface area contributed by atoms with Crippen molar-refractivity contribution in [2.75, 3.05) is 52.4 Å². The number of hydrogen-bond acceptors (Lipinski definition) is 4. The Kier molecular flexibility index (Phi) is 12.0. The standard InChI is InChI=1S/C21H35N5O2.HI/c1-5-22-21(23-9-10-25-11-13-26(14-12-25)18(4)27)24-16-19-8-7-17(3)15-20(19)28-6-2;/h7-8,15H,5-6,9-14,16H2,1-4H3,(H2,22,23,24);1H. The van der Waals surface area contributed by atoms with E-state index in [-0.39, 0.29) is 29.9 Å². The Bertz CT molecular complexity index is 660. The summed E-state index contributed by atoms with van der Waals surface area (Å²) < 4.78 is 5.75. The maximum atomic E-state index is 11.4. The van der Waals surface area contributed by atoms with Crippen molar-refractivity contribution < 1.29 is 9.53 Å². The highest BCUT2D eigenvalue weighted by Gasteiger charge is 2.17. The SMILES string of the molecule is CCNC(=NCc1ccc(C)cc1OCC)NCCN1CCN(C(C)=O)CC1.I. The molecule has 1 aliphatic heterocycles. The molecule has 1 aliphatic rings. The molecule has 2 rings (SSSR count). The summed E-state index contributed by atoms with van der Waals surface area (Å²) in [5.41, 5.74) is 2.27. The number of carbonyl (C=O) groups excluding carboxylic acids is 1. The van der Waals surface area contributed by atoms with Crippen molar-refractivity contribution >= 4 is 35.8 Å². The Morgan fingerprint density at radius 2 is 1.90 bits per heavy atom. The smallest absolute Gasteiger partial charge is 0.219 e. The summed E-state index contributed by atoms with van der Waals surface area (Å²) in [5, 5.41) is 6.71. The molecule has 1 heterocycles. The third-order valence-electron chi connectivity index (χ3n) is 4.81. The fraction of sp³-hybridized carbons (Fsp3) is 0.619. The van der Waals surface area contributed by atoms with Crippen LogP contribution in [0.2, 0.25) is 0 Å². The van der Waals surface area contributed by atoms with Gasteiger partial charge in [-0.15, -0.1) is 24.0 Å². The van der Waals surface area contributed by atoms with E-state index in [9.17, 15) is 4.79 Å². The lowest BCUT2D eigenvalue weighted by Crippen LogP contribution is -2.50. The van der Waals surface area contributed by atoms with Crippen LogP contribution in [0.5, 0.6) is 5.75 Å². The van der Waals surface area contributed by atoms with E-state index in [1.54, 1.807) is 6.92 Å². The first-order valence-electron chi connectivity index (χ1n) is 10.3. The molecule has 29 heavy (non-hydrogen) atoms. The quantitative estimate of drug-likeness (QED) is 0.315. The zero-order chi connectivity index (χ0) is 20.4. The number of benzene rings is 1. The van der Waals surface area contributed by atoms with E-state index < -0.39 is 0 Å². The van der Waals surface area contributed by atoms with Gasteiger partial charge in [0.1, 0.15) is 5.75 Å². The molecule has 1 amide bonds. The van der Waals surface area contributed by atoms with Gasteiger partial charge >= 0.3 is 0 Å². The topological polar surface area (TPSA) is 69.2 Å². The third-order valence-corrected chi connectivity index (χ3v) is 4.81. The molecule has 0 aromatic heterocycles. The van der Waals surface area contributed by atoms with Crippen LogP contribution >= 0.6 is 24.0 Å². The zero-order valence-electron chi connectivity index (χ0n) is 18.2. The van der Waals surface area contributed by atoms with E-state index in [1.807, 2.05) is 11.8 Å². The second-order valence-corrected chi connectivity index (χ2v) is 7.01. The summed E-state index contributed by atoms with van der Waals surface area (Å²) in [6.45, 7) is 15.0. The highest BCUT2D eigenvalue weighted by Crippen LogP contribution is 2.21. The van der Waals surface area contributed by atoms with E-state index in [0.29, 0.717) is 13.2 Å². The molecular weight excluding hydrogens is 481 g/mol. The minimum atomic E-state index is 0. The number of amides is 1. The summed E-state index contributed by atoms with van der Waals surface area (Å²) in [6.07, 6.45) is 0. The molecule has 0 aliphatic carbocycles. The number of rotatable bonds is 8. The Morgan fingerprint density at radius 3 is 2.52 bits per heavy atom. The molecule has 1 saturated heterocycles. The second-order valence-electron chi connectivity index (χ2n) is 7.01. The summed E-state index contributed by atoms with van der Waals surface area (Å²) in [6, 6.07) is 6.24. The molecule has 0 saturated carbocycles. The lowest BCUT2D eigenvalue weighted by atomic mass is 10.1. The zero-order valence-corrected chi connectivity index (χ0v) is 20.5. The van der Waals surface area contributed by atoms with Gasteiger partial charge in [-0.25, -0.2) is 4.99 Å². The predicted octanol–water partition coefficient (Wildman–Crippen LogP) is 2.23. The highest BCUT2D eigenvalue weighted by atomic mass is 127. The van der Waals surface area contributed by atoms with E-state index in [1.165, 1.54) is 5.56 Å². The van der Waals surface area contributed by atoms with Crippen molar-refractivity contribution in [3.8, 4) is 5.75 Å². The minimum absolute atomic E-state index is 0. The number of nitrogens with zero attached hydrogens (tertiary/aromatic N) is 3. The van der Waals surface area contributed by atoms with Crippen LogP contribution in [0.1, 0.15) is 31.9 Å². The van der Waals surface area contributed by atoms with Gasteiger partial charge < -0.3 is 20.3 Å². The van der Waals surface area contributed by atoms with Crippen molar-refractivity contribution in [2.24, 2.45) is 4.99 Å². The van der Waals surface area contributed by atoms with E-state index in [4.69, 9.17) is 9.73 Å². The molecule has 7 nitrogen and oxygen atoms in total. The molecular formula is C21H36IN5O2. The maximum Gasteiger partial charge on any atom is 0.219 e. The Balaban J connectivity index is 0.00000420. The first-order chi connectivity index (χ1) is 13.5. The van der Waals surface area contributed by atoms with Gasteiger partial charge in [-0.3, -0.25) is 9.69 Å². The van der Waals surface area contributed by atoms with Gasteiger partial charge in [0.2, 0.25) is 5.91 Å². The van der Waals surface area contributed by atoms with Crippen molar-refractivity contribution in [3.05, 3.63) is 29.3 Å². The largest absolute Gasteiger partial charge is 0.494 e. The van der Waals surface area contributed by atoms with Crippen molar-refractivity contribution in [2.45, 2.75) is 34.2 Å². The number of nitrogens with one attached hydrogen (secondary N) is 2. The van der Waals surface area contributed by atoms with Crippen LogP contribution in [-0.2, 0) is 11.3 Å². The number of piperazine rings is 1. The third kappa shape index (κ3) is 8.77. The second kappa shape index (κ2) is 13.6. The molecule has 1 aromatic carbocycles. The van der Waals surface area contributed by atoms with Crippen molar-refractivity contribution in [3.63, 3.8) is 0 Å².